The first-order valence-corrected chi connectivity index (χ1v) is 10.4. The molecule has 7 nitrogen and oxygen atoms in total. The number of carbonyl (C=O) groups is 1. The molecule has 0 bridgehead atoms. The van der Waals surface area contributed by atoms with Crippen LogP contribution >= 0.6 is 0 Å². The molecule has 1 amide bonds. The highest BCUT2D eigenvalue weighted by Gasteiger charge is 2.12. The van der Waals surface area contributed by atoms with Crippen molar-refractivity contribution in [2.75, 3.05) is 7.05 Å². The van der Waals surface area contributed by atoms with Crippen molar-refractivity contribution in [2.45, 2.75) is 6.61 Å². The summed E-state index contributed by atoms with van der Waals surface area (Å²) in [6.45, 7) is 0.100. The number of amides is 1. The number of nitrogens with two attached hydrogens (primary N) is 2. The number of nitrogens with zero attached hydrogens (tertiary/aromatic N) is 3. The van der Waals surface area contributed by atoms with Gasteiger partial charge in [0.2, 0.25) is 5.91 Å². The number of pyridine rings is 2. The molecule has 2 aromatic heterocycles. The third-order valence-corrected chi connectivity index (χ3v) is 5.18. The Hall–Kier alpha value is -4.59. The second kappa shape index (κ2) is 9.91. The van der Waals surface area contributed by atoms with Crippen molar-refractivity contribution < 1.29 is 13.9 Å². The molecule has 0 aliphatic carbocycles. The second-order valence-corrected chi connectivity index (χ2v) is 7.45. The smallest absolute Gasteiger partial charge is 0.249 e. The number of allylic oxidation sites excluding steroid dienone is 1. The fourth-order valence-corrected chi connectivity index (χ4v) is 3.53. The van der Waals surface area contributed by atoms with Crippen LogP contribution in [0.5, 0.6) is 5.75 Å². The van der Waals surface area contributed by atoms with E-state index in [0.717, 1.165) is 16.7 Å². The Morgan fingerprint density at radius 1 is 1.03 bits per heavy atom. The lowest BCUT2D eigenvalue weighted by molar-refractivity contribution is 0.100. The second-order valence-electron chi connectivity index (χ2n) is 7.45. The van der Waals surface area contributed by atoms with Crippen LogP contribution in [0.25, 0.3) is 22.2 Å². The highest BCUT2D eigenvalue weighted by atomic mass is 19.1. The normalized spacial score (nSPS) is 12.1. The molecule has 0 radical (unpaired) electrons. The molecule has 34 heavy (non-hydrogen) atoms. The number of aliphatic imine (C=N–C) groups is 1. The Bertz CT molecular complexity index is 1400. The van der Waals surface area contributed by atoms with E-state index >= 15 is 0 Å². The molecule has 0 aliphatic heterocycles. The minimum Gasteiger partial charge on any atom is -0.487 e. The van der Waals surface area contributed by atoms with Crippen molar-refractivity contribution in [3.63, 3.8) is 0 Å². The van der Waals surface area contributed by atoms with Crippen LogP contribution in [0.15, 0.2) is 78.0 Å². The third kappa shape index (κ3) is 4.91. The van der Waals surface area contributed by atoms with Gasteiger partial charge in [0.1, 0.15) is 18.2 Å². The number of rotatable bonds is 7. The van der Waals surface area contributed by atoms with Gasteiger partial charge < -0.3 is 16.2 Å². The molecule has 2 heterocycles. The van der Waals surface area contributed by atoms with Crippen LogP contribution < -0.4 is 16.2 Å². The summed E-state index contributed by atoms with van der Waals surface area (Å²) in [5.74, 6) is -0.536. The Balaban J connectivity index is 1.56. The fourth-order valence-electron chi connectivity index (χ4n) is 3.53. The van der Waals surface area contributed by atoms with Crippen LogP contribution in [-0.2, 0) is 6.61 Å². The summed E-state index contributed by atoms with van der Waals surface area (Å²) in [5, 5.41) is 0.364. The van der Waals surface area contributed by atoms with Crippen LogP contribution in [0.3, 0.4) is 0 Å². The molecule has 4 N–H and O–H groups in total. The van der Waals surface area contributed by atoms with Gasteiger partial charge in [-0.05, 0) is 71.8 Å². The molecule has 0 saturated heterocycles. The highest BCUT2D eigenvalue weighted by Crippen LogP contribution is 2.24. The molecule has 0 saturated carbocycles. The summed E-state index contributed by atoms with van der Waals surface area (Å²) in [5.41, 5.74) is 16.1. The molecule has 4 rings (SSSR count). The molecule has 0 spiro atoms. The Kier molecular flexibility index (Phi) is 6.59. The summed E-state index contributed by atoms with van der Waals surface area (Å²) < 4.78 is 19.4. The van der Waals surface area contributed by atoms with E-state index in [1.54, 1.807) is 37.8 Å². The van der Waals surface area contributed by atoms with Crippen LogP contribution in [0.1, 0.15) is 27.2 Å². The largest absolute Gasteiger partial charge is 0.487 e. The van der Waals surface area contributed by atoms with Gasteiger partial charge in [0.15, 0.2) is 0 Å². The van der Waals surface area contributed by atoms with Gasteiger partial charge in [0, 0.05) is 42.3 Å². The predicted octanol–water partition coefficient (Wildman–Crippen LogP) is 3.97. The minimum absolute atomic E-state index is 0.100. The van der Waals surface area contributed by atoms with Crippen LogP contribution in [0.2, 0.25) is 0 Å². The standard InChI is InChI=1S/C26H22FN5O2/c1-30-14-23(16-8-10-31-11-9-16)25(28)17-2-5-20(6-3-17)34-15-19-13-22(26(29)33)21-12-18(27)4-7-24(21)32-19/h2-14H,15,28H2,1H3,(H2,29,33)/b25-23+,30-14?. The van der Waals surface area contributed by atoms with E-state index < -0.39 is 11.7 Å². The Labute approximate surface area is 195 Å². The zero-order chi connectivity index (χ0) is 24.1. The number of aromatic nitrogens is 2. The average Bonchev–Trinajstić information content (AvgIpc) is 2.86. The van der Waals surface area contributed by atoms with Crippen molar-refractivity contribution in [1.82, 2.24) is 9.97 Å². The molecule has 0 unspecified atom stereocenters. The van der Waals surface area contributed by atoms with Gasteiger partial charge in [-0.25, -0.2) is 9.37 Å². The van der Waals surface area contributed by atoms with E-state index in [-0.39, 0.29) is 12.2 Å². The van der Waals surface area contributed by atoms with Crippen molar-refractivity contribution in [3.8, 4) is 5.75 Å². The number of ether oxygens (including phenoxy) is 1. The van der Waals surface area contributed by atoms with Gasteiger partial charge in [-0.1, -0.05) is 0 Å². The number of primary amides is 1. The van der Waals surface area contributed by atoms with Crippen LogP contribution in [0, 0.1) is 5.82 Å². The van der Waals surface area contributed by atoms with E-state index in [1.807, 2.05) is 24.3 Å². The lowest BCUT2D eigenvalue weighted by Gasteiger charge is -2.11. The first-order chi connectivity index (χ1) is 16.5. The molecule has 0 atom stereocenters. The van der Waals surface area contributed by atoms with Crippen LogP contribution in [-0.4, -0.2) is 29.1 Å². The number of hydrogen-bond donors (Lipinski definition) is 2. The fraction of sp³-hybridized carbons (Fsp3) is 0.0769. The van der Waals surface area contributed by atoms with E-state index in [4.69, 9.17) is 16.2 Å². The highest BCUT2D eigenvalue weighted by molar-refractivity contribution is 6.18. The first kappa shape index (κ1) is 22.6. The van der Waals surface area contributed by atoms with E-state index in [1.165, 1.54) is 24.3 Å². The molecule has 4 aromatic rings. The molecule has 0 aliphatic rings. The number of halogens is 1. The summed E-state index contributed by atoms with van der Waals surface area (Å²) in [4.78, 5) is 24.5. The SMILES string of the molecule is CN=C/C(=C(\N)c1ccc(OCc2cc(C(N)=O)c3cc(F)ccc3n2)cc1)c1ccncc1. The lowest BCUT2D eigenvalue weighted by atomic mass is 10.0. The third-order valence-electron chi connectivity index (χ3n) is 5.18. The molecular weight excluding hydrogens is 433 g/mol. The molecule has 170 valence electrons. The van der Waals surface area contributed by atoms with Crippen LogP contribution in [0.4, 0.5) is 4.39 Å². The molecule has 2 aromatic carbocycles. The summed E-state index contributed by atoms with van der Waals surface area (Å²) in [6.07, 6.45) is 5.11. The monoisotopic (exact) mass is 455 g/mol. The predicted molar refractivity (Wildman–Crippen MR) is 131 cm³/mol. The van der Waals surface area contributed by atoms with Gasteiger partial charge in [0.25, 0.3) is 0 Å². The molecule has 0 fully saturated rings. The Morgan fingerprint density at radius 2 is 1.76 bits per heavy atom. The number of carbonyl (C=O) groups excluding carboxylic acids is 1. The minimum atomic E-state index is -0.661. The van der Waals surface area contributed by atoms with E-state index in [0.29, 0.717) is 28.0 Å². The van der Waals surface area contributed by atoms with Gasteiger partial charge in [-0.2, -0.15) is 0 Å². The average molecular weight is 455 g/mol. The zero-order valence-electron chi connectivity index (χ0n) is 18.4. The van der Waals surface area contributed by atoms with Crippen molar-refractivity contribution in [1.29, 1.82) is 0 Å². The zero-order valence-corrected chi connectivity index (χ0v) is 18.4. The number of benzene rings is 2. The quantitative estimate of drug-likeness (QED) is 0.409. The lowest BCUT2D eigenvalue weighted by Crippen LogP contribution is -2.13. The summed E-state index contributed by atoms with van der Waals surface area (Å²) in [6, 6.07) is 16.6. The number of hydrogen-bond acceptors (Lipinski definition) is 6. The van der Waals surface area contributed by atoms with Gasteiger partial charge in [-0.3, -0.25) is 14.8 Å². The van der Waals surface area contributed by atoms with Gasteiger partial charge in [-0.15, -0.1) is 0 Å². The maximum atomic E-state index is 13.6. The number of fused-ring (bicyclic) bond motifs is 1. The summed E-state index contributed by atoms with van der Waals surface area (Å²) >= 11 is 0. The van der Waals surface area contributed by atoms with Crippen molar-refractivity contribution in [3.05, 3.63) is 101 Å². The van der Waals surface area contributed by atoms with Gasteiger partial charge in [0.05, 0.1) is 16.8 Å². The van der Waals surface area contributed by atoms with E-state index in [9.17, 15) is 9.18 Å². The maximum absolute atomic E-state index is 13.6. The van der Waals surface area contributed by atoms with Crippen molar-refractivity contribution >= 4 is 34.3 Å². The van der Waals surface area contributed by atoms with Crippen molar-refractivity contribution in [2.24, 2.45) is 16.5 Å². The molecule has 8 heteroatoms. The topological polar surface area (TPSA) is 116 Å². The van der Waals surface area contributed by atoms with Gasteiger partial charge >= 0.3 is 0 Å². The summed E-state index contributed by atoms with van der Waals surface area (Å²) in [7, 11) is 1.69. The van der Waals surface area contributed by atoms with E-state index in [2.05, 4.69) is 15.0 Å². The molecular formula is C26H22FN5O2. The Morgan fingerprint density at radius 3 is 2.44 bits per heavy atom. The first-order valence-electron chi connectivity index (χ1n) is 10.4. The maximum Gasteiger partial charge on any atom is 0.249 e.